The van der Waals surface area contributed by atoms with Crippen molar-refractivity contribution in [3.8, 4) is 0 Å². The molecule has 1 aromatic rings. The maximum atomic E-state index is 8.78. The average Bonchev–Trinajstić information content (AvgIpc) is 2.15. The third-order valence-corrected chi connectivity index (χ3v) is 2.07. The third-order valence-electron chi connectivity index (χ3n) is 1.80. The Labute approximate surface area is 78.0 Å². The summed E-state index contributed by atoms with van der Waals surface area (Å²) >= 11 is 5.57. The predicted octanol–water partition coefficient (Wildman–Crippen LogP) is 2.35. The first-order valence-corrected chi connectivity index (χ1v) is 4.65. The first-order chi connectivity index (χ1) is 5.86. The Morgan fingerprint density at radius 1 is 1.08 bits per heavy atom. The van der Waals surface area contributed by atoms with E-state index in [1.54, 1.807) is 0 Å². The van der Waals surface area contributed by atoms with Gasteiger partial charge in [0.15, 0.2) is 0 Å². The minimum Gasteiger partial charge on any atom is -0.392 e. The minimum atomic E-state index is 0.121. The summed E-state index contributed by atoms with van der Waals surface area (Å²) < 4.78 is 0. The molecule has 0 aliphatic rings. The smallest absolute Gasteiger partial charge is 0.0681 e. The van der Waals surface area contributed by atoms with E-state index in [0.717, 1.165) is 18.4 Å². The number of aliphatic hydroxyl groups excluding tert-OH is 1. The van der Waals surface area contributed by atoms with Crippen molar-refractivity contribution in [3.05, 3.63) is 35.4 Å². The van der Waals surface area contributed by atoms with Crippen LogP contribution in [0.25, 0.3) is 0 Å². The Kier molecular flexibility index (Phi) is 4.12. The molecule has 0 saturated carbocycles. The van der Waals surface area contributed by atoms with E-state index in [0.29, 0.717) is 5.88 Å². The van der Waals surface area contributed by atoms with Gasteiger partial charge in [-0.1, -0.05) is 24.3 Å². The van der Waals surface area contributed by atoms with E-state index in [1.807, 2.05) is 24.3 Å². The second-order valence-corrected chi connectivity index (χ2v) is 3.15. The van der Waals surface area contributed by atoms with Crippen molar-refractivity contribution in [2.75, 3.05) is 5.88 Å². The monoisotopic (exact) mass is 184 g/mol. The molecule has 0 aliphatic heterocycles. The van der Waals surface area contributed by atoms with Gasteiger partial charge in [0.05, 0.1) is 6.61 Å². The molecule has 0 spiro atoms. The van der Waals surface area contributed by atoms with Gasteiger partial charge >= 0.3 is 0 Å². The number of benzene rings is 1. The maximum Gasteiger partial charge on any atom is 0.0681 e. The predicted molar refractivity (Wildman–Crippen MR) is 51.4 cm³/mol. The number of aliphatic hydroxyl groups is 1. The standard InChI is InChI=1S/C10H13ClO/c11-7-1-2-9-3-5-10(8-12)6-4-9/h3-6,12H,1-2,7-8H2. The van der Waals surface area contributed by atoms with Crippen molar-refractivity contribution < 1.29 is 5.11 Å². The van der Waals surface area contributed by atoms with E-state index in [9.17, 15) is 0 Å². The molecule has 1 N–H and O–H groups in total. The number of hydrogen-bond donors (Lipinski definition) is 1. The summed E-state index contributed by atoms with van der Waals surface area (Å²) in [6.45, 7) is 0.121. The molecule has 66 valence electrons. The Bertz CT molecular complexity index is 218. The van der Waals surface area contributed by atoms with Gasteiger partial charge in [-0.25, -0.2) is 0 Å². The molecule has 0 aromatic heterocycles. The molecule has 1 aromatic carbocycles. The molecule has 0 amide bonds. The van der Waals surface area contributed by atoms with Crippen LogP contribution in [-0.2, 0) is 13.0 Å². The maximum absolute atomic E-state index is 8.78. The van der Waals surface area contributed by atoms with Crippen molar-refractivity contribution in [1.29, 1.82) is 0 Å². The molecule has 0 bridgehead atoms. The molecule has 1 nitrogen and oxygen atoms in total. The summed E-state index contributed by atoms with van der Waals surface area (Å²) in [5.41, 5.74) is 2.25. The second kappa shape index (κ2) is 5.18. The van der Waals surface area contributed by atoms with Crippen LogP contribution < -0.4 is 0 Å². The van der Waals surface area contributed by atoms with Crippen molar-refractivity contribution >= 4 is 11.6 Å². The van der Waals surface area contributed by atoms with Crippen molar-refractivity contribution in [3.63, 3.8) is 0 Å². The summed E-state index contributed by atoms with van der Waals surface area (Å²) in [7, 11) is 0. The van der Waals surface area contributed by atoms with E-state index in [2.05, 4.69) is 0 Å². The zero-order valence-corrected chi connectivity index (χ0v) is 7.72. The Morgan fingerprint density at radius 3 is 2.17 bits per heavy atom. The van der Waals surface area contributed by atoms with E-state index in [-0.39, 0.29) is 6.61 Å². The molecule has 0 aliphatic carbocycles. The number of hydrogen-bond acceptors (Lipinski definition) is 1. The lowest BCUT2D eigenvalue weighted by Gasteiger charge is -2.00. The normalized spacial score (nSPS) is 10.2. The van der Waals surface area contributed by atoms with Crippen molar-refractivity contribution in [2.45, 2.75) is 19.4 Å². The van der Waals surface area contributed by atoms with Crippen LogP contribution in [0.3, 0.4) is 0 Å². The highest BCUT2D eigenvalue weighted by Gasteiger charge is 1.92. The van der Waals surface area contributed by atoms with Crippen molar-refractivity contribution in [2.24, 2.45) is 0 Å². The second-order valence-electron chi connectivity index (χ2n) is 2.77. The van der Waals surface area contributed by atoms with E-state index in [1.165, 1.54) is 5.56 Å². The van der Waals surface area contributed by atoms with Crippen LogP contribution in [0.2, 0.25) is 0 Å². The van der Waals surface area contributed by atoms with Crippen LogP contribution in [0.4, 0.5) is 0 Å². The highest BCUT2D eigenvalue weighted by Crippen LogP contribution is 2.06. The van der Waals surface area contributed by atoms with Gasteiger partial charge in [-0.3, -0.25) is 0 Å². The number of halogens is 1. The molecular formula is C10H13ClO. The summed E-state index contributed by atoms with van der Waals surface area (Å²) in [5.74, 6) is 0.710. The van der Waals surface area contributed by atoms with Gasteiger partial charge in [0.25, 0.3) is 0 Å². The molecule has 0 heterocycles. The lowest BCUT2D eigenvalue weighted by molar-refractivity contribution is 0.282. The summed E-state index contributed by atoms with van der Waals surface area (Å²) in [6, 6.07) is 7.98. The Balaban J connectivity index is 2.53. The summed E-state index contributed by atoms with van der Waals surface area (Å²) in [5, 5.41) is 8.78. The van der Waals surface area contributed by atoms with E-state index in [4.69, 9.17) is 16.7 Å². The molecule has 0 unspecified atom stereocenters. The first kappa shape index (κ1) is 9.56. The number of alkyl halides is 1. The zero-order chi connectivity index (χ0) is 8.81. The van der Waals surface area contributed by atoms with E-state index < -0.39 is 0 Å². The molecule has 1 rings (SSSR count). The van der Waals surface area contributed by atoms with Gasteiger partial charge in [-0.05, 0) is 24.0 Å². The third kappa shape index (κ3) is 2.84. The molecule has 0 atom stereocenters. The molecule has 0 fully saturated rings. The van der Waals surface area contributed by atoms with Crippen LogP contribution in [-0.4, -0.2) is 11.0 Å². The van der Waals surface area contributed by atoms with E-state index >= 15 is 0 Å². The average molecular weight is 185 g/mol. The lowest BCUT2D eigenvalue weighted by atomic mass is 10.1. The fraction of sp³-hybridized carbons (Fsp3) is 0.400. The molecule has 2 heteroatoms. The summed E-state index contributed by atoms with van der Waals surface area (Å²) in [4.78, 5) is 0. The fourth-order valence-corrected chi connectivity index (χ4v) is 1.22. The van der Waals surface area contributed by atoms with Gasteiger partial charge in [-0.15, -0.1) is 11.6 Å². The van der Waals surface area contributed by atoms with Crippen molar-refractivity contribution in [1.82, 2.24) is 0 Å². The Morgan fingerprint density at radius 2 is 1.67 bits per heavy atom. The van der Waals surface area contributed by atoms with Crippen LogP contribution in [0.15, 0.2) is 24.3 Å². The number of rotatable bonds is 4. The van der Waals surface area contributed by atoms with Crippen LogP contribution in [0.1, 0.15) is 17.5 Å². The highest BCUT2D eigenvalue weighted by molar-refractivity contribution is 6.17. The number of aryl methyl sites for hydroxylation is 1. The molecule has 12 heavy (non-hydrogen) atoms. The van der Waals surface area contributed by atoms with Gasteiger partial charge in [0.2, 0.25) is 0 Å². The van der Waals surface area contributed by atoms with Crippen LogP contribution in [0.5, 0.6) is 0 Å². The Hall–Kier alpha value is -0.530. The fourth-order valence-electron chi connectivity index (χ4n) is 1.08. The minimum absolute atomic E-state index is 0.121. The van der Waals surface area contributed by atoms with Gasteiger partial charge in [0.1, 0.15) is 0 Å². The largest absolute Gasteiger partial charge is 0.392 e. The molecular weight excluding hydrogens is 172 g/mol. The van der Waals surface area contributed by atoms with Crippen LogP contribution >= 0.6 is 11.6 Å². The zero-order valence-electron chi connectivity index (χ0n) is 6.96. The van der Waals surface area contributed by atoms with Gasteiger partial charge < -0.3 is 5.11 Å². The van der Waals surface area contributed by atoms with Gasteiger partial charge in [-0.2, -0.15) is 0 Å². The SMILES string of the molecule is OCc1ccc(CCCCl)cc1. The molecule has 0 saturated heterocycles. The van der Waals surface area contributed by atoms with Crippen LogP contribution in [0, 0.1) is 0 Å². The molecule has 0 radical (unpaired) electrons. The quantitative estimate of drug-likeness (QED) is 0.713. The lowest BCUT2D eigenvalue weighted by Crippen LogP contribution is -1.88. The van der Waals surface area contributed by atoms with Gasteiger partial charge in [0, 0.05) is 5.88 Å². The topological polar surface area (TPSA) is 20.2 Å². The highest BCUT2D eigenvalue weighted by atomic mass is 35.5. The summed E-state index contributed by atoms with van der Waals surface area (Å²) in [6.07, 6.45) is 2.04. The first-order valence-electron chi connectivity index (χ1n) is 4.11.